The van der Waals surface area contributed by atoms with Crippen molar-refractivity contribution < 1.29 is 19.0 Å². The minimum atomic E-state index is -0.251. The predicted molar refractivity (Wildman–Crippen MR) is 114 cm³/mol. The Balaban J connectivity index is 1.63. The van der Waals surface area contributed by atoms with Crippen molar-refractivity contribution >= 4 is 23.2 Å². The van der Waals surface area contributed by atoms with Gasteiger partial charge < -0.3 is 19.5 Å². The van der Waals surface area contributed by atoms with E-state index in [4.69, 9.17) is 25.8 Å². The van der Waals surface area contributed by atoms with E-state index in [2.05, 4.69) is 5.32 Å². The molecule has 0 radical (unpaired) electrons. The summed E-state index contributed by atoms with van der Waals surface area (Å²) in [5.41, 5.74) is 2.00. The summed E-state index contributed by atoms with van der Waals surface area (Å²) in [6.07, 6.45) is 0. The lowest BCUT2D eigenvalue weighted by molar-refractivity contribution is 0.102. The number of amides is 1. The SMILES string of the molecule is COCCOc1c(Cl)cccc1NC(=O)c1ccc(COc2ccccc2)cc1. The number of carbonyl (C=O) groups excluding carboxylic acids is 1. The second kappa shape index (κ2) is 10.5. The van der Waals surface area contributed by atoms with Crippen LogP contribution in [0.4, 0.5) is 5.69 Å². The zero-order valence-corrected chi connectivity index (χ0v) is 16.8. The fraction of sp³-hybridized carbons (Fsp3) is 0.174. The van der Waals surface area contributed by atoms with Gasteiger partial charge in [0.2, 0.25) is 0 Å². The van der Waals surface area contributed by atoms with Crippen LogP contribution >= 0.6 is 11.6 Å². The molecule has 3 aromatic carbocycles. The summed E-state index contributed by atoms with van der Waals surface area (Å²) in [5, 5.41) is 3.27. The highest BCUT2D eigenvalue weighted by Gasteiger charge is 2.13. The highest BCUT2D eigenvalue weighted by Crippen LogP contribution is 2.33. The van der Waals surface area contributed by atoms with Crippen LogP contribution in [0, 0.1) is 0 Å². The lowest BCUT2D eigenvalue weighted by atomic mass is 10.1. The minimum absolute atomic E-state index is 0.251. The van der Waals surface area contributed by atoms with E-state index < -0.39 is 0 Å². The van der Waals surface area contributed by atoms with Crippen LogP contribution in [-0.4, -0.2) is 26.2 Å². The van der Waals surface area contributed by atoms with Crippen molar-refractivity contribution in [3.63, 3.8) is 0 Å². The number of rotatable bonds is 9. The molecule has 150 valence electrons. The Kier molecular flexibility index (Phi) is 7.50. The molecule has 0 bridgehead atoms. The van der Waals surface area contributed by atoms with Crippen LogP contribution in [-0.2, 0) is 11.3 Å². The Labute approximate surface area is 175 Å². The van der Waals surface area contributed by atoms with Gasteiger partial charge in [0, 0.05) is 12.7 Å². The second-order valence-electron chi connectivity index (χ2n) is 6.21. The molecule has 1 N–H and O–H groups in total. The summed E-state index contributed by atoms with van der Waals surface area (Å²) >= 11 is 6.21. The van der Waals surface area contributed by atoms with Crippen molar-refractivity contribution in [2.75, 3.05) is 25.6 Å². The van der Waals surface area contributed by atoms with Crippen molar-refractivity contribution in [2.45, 2.75) is 6.61 Å². The van der Waals surface area contributed by atoms with Gasteiger partial charge in [-0.2, -0.15) is 0 Å². The Morgan fingerprint density at radius 1 is 0.897 bits per heavy atom. The summed E-state index contributed by atoms with van der Waals surface area (Å²) in [6.45, 7) is 1.18. The average Bonchev–Trinajstić information content (AvgIpc) is 2.75. The zero-order chi connectivity index (χ0) is 20.5. The van der Waals surface area contributed by atoms with Gasteiger partial charge in [0.15, 0.2) is 5.75 Å². The van der Waals surface area contributed by atoms with Crippen molar-refractivity contribution in [1.82, 2.24) is 0 Å². The molecule has 3 rings (SSSR count). The molecule has 0 unspecified atom stereocenters. The number of halogens is 1. The van der Waals surface area contributed by atoms with Crippen LogP contribution in [0.3, 0.4) is 0 Å². The monoisotopic (exact) mass is 411 g/mol. The maximum Gasteiger partial charge on any atom is 0.255 e. The largest absolute Gasteiger partial charge is 0.489 e. The molecular formula is C23H22ClNO4. The van der Waals surface area contributed by atoms with Gasteiger partial charge in [-0.15, -0.1) is 0 Å². The molecule has 0 saturated carbocycles. The van der Waals surface area contributed by atoms with Crippen LogP contribution in [0.25, 0.3) is 0 Å². The molecule has 5 nitrogen and oxygen atoms in total. The summed E-state index contributed by atoms with van der Waals surface area (Å²) in [5.74, 6) is 0.975. The number of nitrogens with one attached hydrogen (secondary N) is 1. The molecule has 6 heteroatoms. The van der Waals surface area contributed by atoms with Gasteiger partial charge in [-0.1, -0.05) is 48.0 Å². The van der Waals surface area contributed by atoms with Crippen LogP contribution in [0.1, 0.15) is 15.9 Å². The molecule has 0 fully saturated rings. The summed E-state index contributed by atoms with van der Waals surface area (Å²) in [7, 11) is 1.59. The molecule has 0 aliphatic heterocycles. The van der Waals surface area contributed by atoms with Gasteiger partial charge in [-0.25, -0.2) is 0 Å². The van der Waals surface area contributed by atoms with Crippen molar-refractivity contribution in [1.29, 1.82) is 0 Å². The van der Waals surface area contributed by atoms with E-state index in [0.717, 1.165) is 11.3 Å². The quantitative estimate of drug-likeness (QED) is 0.492. The van der Waals surface area contributed by atoms with Crippen molar-refractivity contribution in [3.8, 4) is 11.5 Å². The van der Waals surface area contributed by atoms with Crippen LogP contribution < -0.4 is 14.8 Å². The summed E-state index contributed by atoms with van der Waals surface area (Å²) in [4.78, 5) is 12.6. The van der Waals surface area contributed by atoms with Crippen LogP contribution in [0.2, 0.25) is 5.02 Å². The Morgan fingerprint density at radius 3 is 2.38 bits per heavy atom. The van der Waals surface area contributed by atoms with Gasteiger partial charge in [0.1, 0.15) is 19.0 Å². The second-order valence-corrected chi connectivity index (χ2v) is 6.62. The number of hydrogen-bond acceptors (Lipinski definition) is 4. The lowest BCUT2D eigenvalue weighted by Crippen LogP contribution is -2.14. The van der Waals surface area contributed by atoms with Gasteiger partial charge in [-0.3, -0.25) is 4.79 Å². The molecule has 0 saturated heterocycles. The van der Waals surface area contributed by atoms with E-state index in [1.807, 2.05) is 42.5 Å². The predicted octanol–water partition coefficient (Wildman–Crippen LogP) is 5.20. The third-order valence-electron chi connectivity index (χ3n) is 4.11. The number of methoxy groups -OCH3 is 1. The first kappa shape index (κ1) is 20.7. The maximum atomic E-state index is 12.6. The maximum absolute atomic E-state index is 12.6. The highest BCUT2D eigenvalue weighted by atomic mass is 35.5. The molecule has 0 aliphatic carbocycles. The zero-order valence-electron chi connectivity index (χ0n) is 16.1. The number of hydrogen-bond donors (Lipinski definition) is 1. The molecule has 3 aromatic rings. The minimum Gasteiger partial charge on any atom is -0.489 e. The number of ether oxygens (including phenoxy) is 3. The highest BCUT2D eigenvalue weighted by molar-refractivity contribution is 6.32. The third-order valence-corrected chi connectivity index (χ3v) is 4.41. The standard InChI is InChI=1S/C23H22ClNO4/c1-27-14-15-28-22-20(24)8-5-9-21(22)25-23(26)18-12-10-17(11-13-18)16-29-19-6-3-2-4-7-19/h2-13H,14-16H2,1H3,(H,25,26). The van der Waals surface area contributed by atoms with Crippen molar-refractivity contribution in [3.05, 3.63) is 88.9 Å². The van der Waals surface area contributed by atoms with E-state index in [0.29, 0.717) is 41.8 Å². The molecular weight excluding hydrogens is 390 g/mol. The first-order valence-electron chi connectivity index (χ1n) is 9.16. The Hall–Kier alpha value is -3.02. The smallest absolute Gasteiger partial charge is 0.255 e. The normalized spacial score (nSPS) is 10.4. The molecule has 0 aromatic heterocycles. The first-order chi connectivity index (χ1) is 14.2. The first-order valence-corrected chi connectivity index (χ1v) is 9.53. The topological polar surface area (TPSA) is 56.8 Å². The van der Waals surface area contributed by atoms with E-state index in [1.54, 1.807) is 37.4 Å². The fourth-order valence-corrected chi connectivity index (χ4v) is 2.84. The van der Waals surface area contributed by atoms with E-state index in [9.17, 15) is 4.79 Å². The lowest BCUT2D eigenvalue weighted by Gasteiger charge is -2.14. The summed E-state index contributed by atoms with van der Waals surface area (Å²) in [6, 6.07) is 22.0. The molecule has 0 spiro atoms. The summed E-state index contributed by atoms with van der Waals surface area (Å²) < 4.78 is 16.4. The number of carbonyl (C=O) groups is 1. The number of para-hydroxylation sites is 2. The van der Waals surface area contributed by atoms with E-state index in [-0.39, 0.29) is 5.91 Å². The van der Waals surface area contributed by atoms with Gasteiger partial charge >= 0.3 is 0 Å². The average molecular weight is 412 g/mol. The van der Waals surface area contributed by atoms with Crippen LogP contribution in [0.5, 0.6) is 11.5 Å². The molecule has 0 aliphatic rings. The van der Waals surface area contributed by atoms with Gasteiger partial charge in [0.05, 0.1) is 17.3 Å². The Morgan fingerprint density at radius 2 is 1.66 bits per heavy atom. The third kappa shape index (κ3) is 5.98. The fourth-order valence-electron chi connectivity index (χ4n) is 2.61. The molecule has 0 heterocycles. The van der Waals surface area contributed by atoms with Crippen LogP contribution in [0.15, 0.2) is 72.8 Å². The number of anilines is 1. The van der Waals surface area contributed by atoms with Gasteiger partial charge in [0.25, 0.3) is 5.91 Å². The van der Waals surface area contributed by atoms with Crippen molar-refractivity contribution in [2.24, 2.45) is 0 Å². The Bertz CT molecular complexity index is 929. The van der Waals surface area contributed by atoms with E-state index >= 15 is 0 Å². The van der Waals surface area contributed by atoms with Gasteiger partial charge in [-0.05, 0) is 42.0 Å². The number of benzene rings is 3. The van der Waals surface area contributed by atoms with E-state index in [1.165, 1.54) is 0 Å². The molecule has 0 atom stereocenters. The molecule has 29 heavy (non-hydrogen) atoms. The molecule has 1 amide bonds.